The van der Waals surface area contributed by atoms with E-state index in [1.54, 1.807) is 19.9 Å². The number of hydrogen-bond acceptors (Lipinski definition) is 4. The average molecular weight is 731 g/mol. The molecule has 0 aliphatic heterocycles. The lowest BCUT2D eigenvalue weighted by Gasteiger charge is -2.25. The third-order valence-corrected chi connectivity index (χ3v) is 8.00. The highest BCUT2D eigenvalue weighted by Crippen LogP contribution is 2.26. The van der Waals surface area contributed by atoms with Crippen LogP contribution in [0.15, 0.2) is 12.1 Å². The lowest BCUT2D eigenvalue weighted by molar-refractivity contribution is -0.0447. The van der Waals surface area contributed by atoms with Crippen LogP contribution in [0.3, 0.4) is 0 Å². The molecular formula is C14H15F3I3NO4S. The predicted molar refractivity (Wildman–Crippen MR) is 116 cm³/mol. The van der Waals surface area contributed by atoms with Crippen molar-refractivity contribution in [3.05, 3.63) is 28.4 Å². The Balaban J connectivity index is 2.66. The molecule has 0 spiro atoms. The van der Waals surface area contributed by atoms with Crippen LogP contribution in [0.25, 0.3) is 0 Å². The van der Waals surface area contributed by atoms with Gasteiger partial charge in [0.15, 0.2) is 0 Å². The third kappa shape index (κ3) is 7.20. The number of carbonyl (C=O) groups excluding carboxylic acids is 1. The Bertz CT molecular complexity index is 782. The second-order valence-electron chi connectivity index (χ2n) is 5.85. The van der Waals surface area contributed by atoms with E-state index in [0.717, 1.165) is 10.7 Å². The van der Waals surface area contributed by atoms with Gasteiger partial charge in [0.05, 0.1) is 5.56 Å². The molecule has 0 saturated heterocycles. The smallest absolute Gasteiger partial charge is 0.456 e. The van der Waals surface area contributed by atoms with E-state index in [9.17, 15) is 26.4 Å². The molecule has 1 aromatic carbocycles. The fraction of sp³-hybridized carbons (Fsp3) is 0.500. The van der Waals surface area contributed by atoms with Crippen molar-refractivity contribution < 1.29 is 31.1 Å². The summed E-state index contributed by atoms with van der Waals surface area (Å²) >= 11 is 6.24. The molecule has 148 valence electrons. The summed E-state index contributed by atoms with van der Waals surface area (Å²) in [7, 11) is -5.36. The lowest BCUT2D eigenvalue weighted by atomic mass is 10.0. The molecule has 1 aromatic rings. The molecule has 0 amide bonds. The summed E-state index contributed by atoms with van der Waals surface area (Å²) in [6.07, 6.45) is 0.271. The van der Waals surface area contributed by atoms with E-state index in [0.29, 0.717) is 5.56 Å². The van der Waals surface area contributed by atoms with Crippen LogP contribution in [0.4, 0.5) is 13.2 Å². The minimum Gasteiger partial charge on any atom is -0.456 e. The Labute approximate surface area is 190 Å². The van der Waals surface area contributed by atoms with Crippen LogP contribution >= 0.6 is 67.8 Å². The van der Waals surface area contributed by atoms with E-state index in [4.69, 9.17) is 4.74 Å². The standard InChI is InChI=1S/C14H15F3I3NO4S/c1-13(2,4-3-5-21-26(23,24)14(15,16)17)25-12(22)9-6-8(18)7-10(19)11(9)20/h6-7,21H,3-5H2,1-2H3. The number of esters is 1. The molecule has 1 rings (SSSR count). The predicted octanol–water partition coefficient (Wildman–Crippen LogP) is 4.66. The van der Waals surface area contributed by atoms with Gasteiger partial charge in [-0.05, 0) is 107 Å². The second kappa shape index (κ2) is 9.39. The van der Waals surface area contributed by atoms with Crippen LogP contribution in [0.2, 0.25) is 0 Å². The Morgan fingerprint density at radius 3 is 2.31 bits per heavy atom. The van der Waals surface area contributed by atoms with E-state index < -0.39 is 33.6 Å². The summed E-state index contributed by atoms with van der Waals surface area (Å²) < 4.78 is 68.0. The first-order chi connectivity index (χ1) is 11.7. The Hall–Kier alpha value is 0.580. The van der Waals surface area contributed by atoms with Gasteiger partial charge >= 0.3 is 21.5 Å². The van der Waals surface area contributed by atoms with Gasteiger partial charge in [-0.1, -0.05) is 0 Å². The van der Waals surface area contributed by atoms with Crippen LogP contribution in [0.1, 0.15) is 37.0 Å². The number of benzene rings is 1. The molecule has 1 N–H and O–H groups in total. The van der Waals surface area contributed by atoms with E-state index in [2.05, 4.69) is 45.2 Å². The lowest BCUT2D eigenvalue weighted by Crippen LogP contribution is -2.37. The molecule has 0 fully saturated rings. The van der Waals surface area contributed by atoms with Gasteiger partial charge in [-0.25, -0.2) is 17.9 Å². The summed E-state index contributed by atoms with van der Waals surface area (Å²) in [5.74, 6) is -0.535. The first kappa shape index (κ1) is 24.6. The number of alkyl halides is 3. The van der Waals surface area contributed by atoms with Crippen LogP contribution in [-0.4, -0.2) is 32.0 Å². The zero-order valence-corrected chi connectivity index (χ0v) is 20.9. The Morgan fingerprint density at radius 1 is 1.19 bits per heavy atom. The van der Waals surface area contributed by atoms with Crippen LogP contribution < -0.4 is 4.72 Å². The maximum Gasteiger partial charge on any atom is 0.511 e. The molecule has 0 aliphatic rings. The number of ether oxygens (including phenoxy) is 1. The number of carbonyl (C=O) groups is 1. The molecule has 5 nitrogen and oxygen atoms in total. The van der Waals surface area contributed by atoms with Gasteiger partial charge in [-0.15, -0.1) is 0 Å². The summed E-state index contributed by atoms with van der Waals surface area (Å²) in [6, 6.07) is 3.61. The highest BCUT2D eigenvalue weighted by Gasteiger charge is 2.45. The molecule has 12 heteroatoms. The zero-order chi connectivity index (χ0) is 20.3. The monoisotopic (exact) mass is 731 g/mol. The number of halogens is 6. The quantitative estimate of drug-likeness (QED) is 0.192. The van der Waals surface area contributed by atoms with Gasteiger partial charge in [-0.2, -0.15) is 13.2 Å². The minimum absolute atomic E-state index is 0.0799. The fourth-order valence-corrected chi connectivity index (χ4v) is 4.82. The second-order valence-corrected chi connectivity index (χ2v) is 11.1. The normalized spacial score (nSPS) is 12.9. The van der Waals surface area contributed by atoms with Crippen LogP contribution in [0.5, 0.6) is 0 Å². The molecule has 0 heterocycles. The molecule has 0 aliphatic carbocycles. The first-order valence-corrected chi connectivity index (χ1v) is 11.8. The van der Waals surface area contributed by atoms with Gasteiger partial charge in [-0.3, -0.25) is 0 Å². The fourth-order valence-electron chi connectivity index (χ4n) is 1.86. The third-order valence-electron chi connectivity index (χ3n) is 3.13. The minimum atomic E-state index is -5.36. The SMILES string of the molecule is CC(C)(CCCNS(=O)(=O)C(F)(F)F)OC(=O)c1cc(I)cc(I)c1I. The van der Waals surface area contributed by atoms with Gasteiger partial charge < -0.3 is 4.74 Å². The summed E-state index contributed by atoms with van der Waals surface area (Å²) in [6.45, 7) is 2.84. The molecule has 0 radical (unpaired) electrons. The zero-order valence-electron chi connectivity index (χ0n) is 13.6. The van der Waals surface area contributed by atoms with E-state index >= 15 is 0 Å². The van der Waals surface area contributed by atoms with Crippen molar-refractivity contribution in [2.24, 2.45) is 0 Å². The first-order valence-electron chi connectivity index (χ1n) is 7.10. The molecule has 26 heavy (non-hydrogen) atoms. The largest absolute Gasteiger partial charge is 0.511 e. The number of nitrogens with one attached hydrogen (secondary N) is 1. The van der Waals surface area contributed by atoms with Gasteiger partial charge in [0.25, 0.3) is 0 Å². The van der Waals surface area contributed by atoms with Crippen molar-refractivity contribution in [1.29, 1.82) is 0 Å². The molecule has 0 aromatic heterocycles. The van der Waals surface area contributed by atoms with Crippen molar-refractivity contribution in [3.63, 3.8) is 0 Å². The highest BCUT2D eigenvalue weighted by atomic mass is 127. The van der Waals surface area contributed by atoms with Gasteiger partial charge in [0, 0.05) is 17.3 Å². The topological polar surface area (TPSA) is 72.5 Å². The van der Waals surface area contributed by atoms with Crippen LogP contribution in [-0.2, 0) is 14.8 Å². The molecule has 0 atom stereocenters. The molecule has 0 saturated carbocycles. The van der Waals surface area contributed by atoms with Crippen molar-refractivity contribution >= 4 is 83.8 Å². The van der Waals surface area contributed by atoms with E-state index in [-0.39, 0.29) is 12.8 Å². The molecular weight excluding hydrogens is 716 g/mol. The Kier molecular flexibility index (Phi) is 8.89. The van der Waals surface area contributed by atoms with Gasteiger partial charge in [0.2, 0.25) is 0 Å². The van der Waals surface area contributed by atoms with E-state index in [1.165, 1.54) is 4.72 Å². The highest BCUT2D eigenvalue weighted by molar-refractivity contribution is 14.1. The Morgan fingerprint density at radius 2 is 1.77 bits per heavy atom. The summed E-state index contributed by atoms with van der Waals surface area (Å²) in [4.78, 5) is 12.4. The summed E-state index contributed by atoms with van der Waals surface area (Å²) in [5.41, 5.74) is -5.89. The van der Waals surface area contributed by atoms with Crippen molar-refractivity contribution in [2.75, 3.05) is 6.54 Å². The number of rotatable bonds is 7. The van der Waals surface area contributed by atoms with Crippen molar-refractivity contribution in [2.45, 2.75) is 37.8 Å². The average Bonchev–Trinajstić information content (AvgIpc) is 2.45. The molecule has 0 unspecified atom stereocenters. The number of hydrogen-bond donors (Lipinski definition) is 1. The molecule has 0 bridgehead atoms. The number of sulfonamides is 1. The van der Waals surface area contributed by atoms with E-state index in [1.807, 2.05) is 28.7 Å². The van der Waals surface area contributed by atoms with Gasteiger partial charge in [0.1, 0.15) is 5.60 Å². The maximum absolute atomic E-state index is 12.4. The van der Waals surface area contributed by atoms with Crippen LogP contribution in [0, 0.1) is 10.7 Å². The maximum atomic E-state index is 12.4. The van der Waals surface area contributed by atoms with Crippen molar-refractivity contribution in [1.82, 2.24) is 4.72 Å². The van der Waals surface area contributed by atoms with Crippen molar-refractivity contribution in [3.8, 4) is 0 Å². The summed E-state index contributed by atoms with van der Waals surface area (Å²) in [5, 5.41) is 0.